The molecule has 2 heteroatoms. The molecular formula is C6H6O2. The third-order valence-electron chi connectivity index (χ3n) is 0.655. The van der Waals surface area contributed by atoms with Gasteiger partial charge in [-0.15, -0.1) is 0 Å². The van der Waals surface area contributed by atoms with E-state index < -0.39 is 17.5 Å². The fourth-order valence-corrected chi connectivity index (χ4v) is 0.357. The van der Waals surface area contributed by atoms with Crippen LogP contribution in [0.3, 0.4) is 0 Å². The maximum Gasteiger partial charge on any atom is 0.119 e. The van der Waals surface area contributed by atoms with E-state index in [4.69, 9.17) is 14.3 Å². The van der Waals surface area contributed by atoms with Crippen LogP contribution >= 0.6 is 0 Å². The highest BCUT2D eigenvalue weighted by molar-refractivity contribution is 5.30. The van der Waals surface area contributed by atoms with Crippen LogP contribution in [-0.2, 0) is 0 Å². The molecule has 0 unspecified atom stereocenters. The maximum absolute atomic E-state index is 8.89. The van der Waals surface area contributed by atoms with Gasteiger partial charge in [0.05, 0.1) is 4.11 Å². The lowest BCUT2D eigenvalue weighted by Gasteiger charge is -1.89. The molecule has 0 spiro atoms. The number of benzene rings is 1. The quantitative estimate of drug-likeness (QED) is 0.528. The van der Waals surface area contributed by atoms with Crippen molar-refractivity contribution in [2.75, 3.05) is 0 Å². The minimum absolute atomic E-state index is 0.321. The zero-order valence-corrected chi connectivity index (χ0v) is 3.97. The molecule has 1 aromatic rings. The van der Waals surface area contributed by atoms with Gasteiger partial charge in [0.2, 0.25) is 0 Å². The highest BCUT2D eigenvalue weighted by atomic mass is 16.3. The molecule has 0 radical (unpaired) electrons. The van der Waals surface area contributed by atoms with Crippen molar-refractivity contribution in [2.45, 2.75) is 0 Å². The third-order valence-corrected chi connectivity index (χ3v) is 0.655. The van der Waals surface area contributed by atoms with Crippen LogP contribution in [0.2, 0.25) is 0 Å². The van der Waals surface area contributed by atoms with E-state index in [0.29, 0.717) is 0 Å². The average molecular weight is 113 g/mol. The minimum atomic E-state index is -0.599. The molecule has 0 aliphatic heterocycles. The van der Waals surface area contributed by atoms with Crippen LogP contribution in [0.4, 0.5) is 0 Å². The van der Waals surface area contributed by atoms with Gasteiger partial charge in [0, 0.05) is 6.04 Å². The molecule has 0 aromatic heterocycles. The molecule has 0 aliphatic carbocycles. The smallest absolute Gasteiger partial charge is 0.119 e. The van der Waals surface area contributed by atoms with E-state index in [-0.39, 0.29) is 12.1 Å². The summed E-state index contributed by atoms with van der Waals surface area (Å²) in [5.41, 5.74) is 0. The second kappa shape index (κ2) is 1.74. The largest absolute Gasteiger partial charge is 0.508 e. The van der Waals surface area contributed by atoms with Crippen LogP contribution in [0.15, 0.2) is 24.2 Å². The summed E-state index contributed by atoms with van der Waals surface area (Å²) in [6.07, 6.45) is 0. The molecule has 2 nitrogen and oxygen atoms in total. The molecule has 0 bridgehead atoms. The monoisotopic (exact) mass is 113 g/mol. The standard InChI is InChI=1S/C6H6O2/c7-5-2-1-3-6(8)4-5/h1-4,7-8H/i2D,3D,4D. The number of aromatic hydroxyl groups is 2. The van der Waals surface area contributed by atoms with E-state index in [1.807, 2.05) is 0 Å². The van der Waals surface area contributed by atoms with Crippen LogP contribution < -0.4 is 0 Å². The number of rotatable bonds is 0. The number of hydrogen-bond donors (Lipinski definition) is 2. The Hall–Kier alpha value is -1.18. The first kappa shape index (κ1) is 2.40. The predicted molar refractivity (Wildman–Crippen MR) is 29.8 cm³/mol. The molecule has 0 heterocycles. The highest BCUT2D eigenvalue weighted by Gasteiger charge is 1.85. The summed E-state index contributed by atoms with van der Waals surface area (Å²) in [5.74, 6) is -1.20. The Morgan fingerprint density at radius 2 is 1.75 bits per heavy atom. The molecular weight excluding hydrogens is 104 g/mol. The van der Waals surface area contributed by atoms with Gasteiger partial charge < -0.3 is 10.2 Å². The van der Waals surface area contributed by atoms with Gasteiger partial charge in [-0.25, -0.2) is 0 Å². The first-order valence-corrected chi connectivity index (χ1v) is 2.02. The van der Waals surface area contributed by atoms with Gasteiger partial charge in [0.1, 0.15) is 11.5 Å². The molecule has 0 atom stereocenters. The zero-order chi connectivity index (χ0) is 8.59. The molecule has 8 heavy (non-hydrogen) atoms. The molecule has 0 amide bonds. The summed E-state index contributed by atoms with van der Waals surface area (Å²) in [7, 11) is 0. The summed E-state index contributed by atoms with van der Waals surface area (Å²) < 4.78 is 21.0. The van der Waals surface area contributed by atoms with Crippen molar-refractivity contribution in [3.05, 3.63) is 24.2 Å². The maximum atomic E-state index is 8.89. The number of hydrogen-bond acceptors (Lipinski definition) is 2. The van der Waals surface area contributed by atoms with Crippen molar-refractivity contribution in [3.63, 3.8) is 0 Å². The predicted octanol–water partition coefficient (Wildman–Crippen LogP) is 1.10. The lowest BCUT2D eigenvalue weighted by atomic mass is 10.3. The van der Waals surface area contributed by atoms with E-state index in [9.17, 15) is 0 Å². The normalized spacial score (nSPS) is 14.2. The highest BCUT2D eigenvalue weighted by Crippen LogP contribution is 2.14. The third kappa shape index (κ3) is 0.904. The van der Waals surface area contributed by atoms with Crippen molar-refractivity contribution < 1.29 is 14.3 Å². The molecule has 1 rings (SSSR count). The molecule has 0 saturated heterocycles. The summed E-state index contributed by atoms with van der Waals surface area (Å²) in [5, 5.41) is 17.8. The van der Waals surface area contributed by atoms with Crippen LogP contribution in [0, 0.1) is 0 Å². The molecule has 42 valence electrons. The van der Waals surface area contributed by atoms with Gasteiger partial charge in [-0.3, -0.25) is 0 Å². The molecule has 0 saturated carbocycles. The molecule has 1 aromatic carbocycles. The van der Waals surface area contributed by atoms with Crippen molar-refractivity contribution in [1.29, 1.82) is 0 Å². The van der Waals surface area contributed by atoms with Gasteiger partial charge in [0.25, 0.3) is 0 Å². The van der Waals surface area contributed by atoms with E-state index >= 15 is 0 Å². The topological polar surface area (TPSA) is 40.5 Å². The van der Waals surface area contributed by atoms with E-state index in [2.05, 4.69) is 0 Å². The first-order chi connectivity index (χ1) is 5.04. The Balaban J connectivity index is 3.46. The Morgan fingerprint density at radius 1 is 1.25 bits per heavy atom. The summed E-state index contributed by atoms with van der Waals surface area (Å²) in [6.45, 7) is 0. The summed E-state index contributed by atoms with van der Waals surface area (Å²) >= 11 is 0. The Bertz CT molecular complexity index is 272. The average Bonchev–Trinajstić information content (AvgIpc) is 1.97. The summed E-state index contributed by atoms with van der Waals surface area (Å²) in [6, 6.07) is -0.235. The molecule has 2 N–H and O–H groups in total. The van der Waals surface area contributed by atoms with E-state index in [1.54, 1.807) is 0 Å². The second-order valence-electron chi connectivity index (χ2n) is 1.26. The van der Waals surface area contributed by atoms with Crippen molar-refractivity contribution in [3.8, 4) is 11.5 Å². The number of phenols is 2. The lowest BCUT2D eigenvalue weighted by molar-refractivity contribution is 0.450. The van der Waals surface area contributed by atoms with Crippen LogP contribution in [0.1, 0.15) is 4.11 Å². The molecule has 0 fully saturated rings. The van der Waals surface area contributed by atoms with Gasteiger partial charge in [0.15, 0.2) is 0 Å². The fourth-order valence-electron chi connectivity index (χ4n) is 0.357. The minimum Gasteiger partial charge on any atom is -0.508 e. The van der Waals surface area contributed by atoms with Gasteiger partial charge in [-0.2, -0.15) is 0 Å². The van der Waals surface area contributed by atoms with Gasteiger partial charge >= 0.3 is 0 Å². The Kier molecular flexibility index (Phi) is 0.520. The first-order valence-electron chi connectivity index (χ1n) is 3.52. The van der Waals surface area contributed by atoms with Crippen LogP contribution in [0.5, 0.6) is 11.5 Å². The van der Waals surface area contributed by atoms with Crippen molar-refractivity contribution in [1.82, 2.24) is 0 Å². The SMILES string of the molecule is [2H]c1cc([2H])c(O)c([2H])c1O. The van der Waals surface area contributed by atoms with Gasteiger partial charge in [-0.05, 0) is 12.1 Å². The van der Waals surface area contributed by atoms with Crippen molar-refractivity contribution >= 4 is 0 Å². The van der Waals surface area contributed by atoms with E-state index in [0.717, 1.165) is 6.07 Å². The van der Waals surface area contributed by atoms with Crippen LogP contribution in [-0.4, -0.2) is 10.2 Å². The zero-order valence-electron chi connectivity index (χ0n) is 6.97. The van der Waals surface area contributed by atoms with Crippen LogP contribution in [0.25, 0.3) is 0 Å². The fraction of sp³-hybridized carbons (Fsp3) is 0. The van der Waals surface area contributed by atoms with Gasteiger partial charge in [-0.1, -0.05) is 6.07 Å². The lowest BCUT2D eigenvalue weighted by Crippen LogP contribution is -1.61. The Morgan fingerprint density at radius 3 is 2.25 bits per heavy atom. The van der Waals surface area contributed by atoms with E-state index in [1.165, 1.54) is 0 Å². The molecule has 0 aliphatic rings. The van der Waals surface area contributed by atoms with Crippen molar-refractivity contribution in [2.24, 2.45) is 0 Å². The Labute approximate surface area is 51.2 Å². The second-order valence-corrected chi connectivity index (χ2v) is 1.26. The summed E-state index contributed by atoms with van der Waals surface area (Å²) in [4.78, 5) is 0. The number of phenolic OH excluding ortho intramolecular Hbond substituents is 2.